The zero-order chi connectivity index (χ0) is 16.5. The number of hydrogen-bond acceptors (Lipinski definition) is 2. The number of rotatable bonds is 8. The van der Waals surface area contributed by atoms with Gasteiger partial charge in [0, 0.05) is 30.5 Å². The quantitative estimate of drug-likeness (QED) is 0.590. The summed E-state index contributed by atoms with van der Waals surface area (Å²) in [6.45, 7) is 3.88. The first-order valence-corrected chi connectivity index (χ1v) is 10.5. The van der Waals surface area contributed by atoms with E-state index in [0.717, 1.165) is 0 Å². The maximum absolute atomic E-state index is 2.64. The Morgan fingerprint density at radius 2 is 1.33 bits per heavy atom. The lowest BCUT2D eigenvalue weighted by molar-refractivity contribution is 0.294. The van der Waals surface area contributed by atoms with E-state index < -0.39 is 0 Å². The summed E-state index contributed by atoms with van der Waals surface area (Å²) in [7, 11) is 0. The molecular weight excluding hydrogens is 310 g/mol. The van der Waals surface area contributed by atoms with Gasteiger partial charge in [-0.2, -0.15) is 11.8 Å². The van der Waals surface area contributed by atoms with Gasteiger partial charge in [0.15, 0.2) is 0 Å². The fourth-order valence-corrected chi connectivity index (χ4v) is 4.56. The van der Waals surface area contributed by atoms with Crippen LogP contribution in [0.1, 0.15) is 42.7 Å². The van der Waals surface area contributed by atoms with Crippen molar-refractivity contribution in [2.45, 2.75) is 31.6 Å². The SMILES string of the molecule is c1ccc(C(CCCCCN2CCSCC2)c2ccccc2)cc1. The Bertz CT molecular complexity index is 524. The van der Waals surface area contributed by atoms with Gasteiger partial charge in [-0.15, -0.1) is 0 Å². The summed E-state index contributed by atoms with van der Waals surface area (Å²) in [4.78, 5) is 2.64. The smallest absolute Gasteiger partial charge is 0.00893 e. The Morgan fingerprint density at radius 3 is 1.92 bits per heavy atom. The minimum atomic E-state index is 0.541. The third-order valence-electron chi connectivity index (χ3n) is 4.97. The molecule has 2 aromatic carbocycles. The van der Waals surface area contributed by atoms with Gasteiger partial charge < -0.3 is 4.90 Å². The van der Waals surface area contributed by atoms with Crippen LogP contribution in [0, 0.1) is 0 Å². The summed E-state index contributed by atoms with van der Waals surface area (Å²) in [5.74, 6) is 3.19. The molecule has 1 aliphatic heterocycles. The normalized spacial score (nSPS) is 15.7. The molecule has 0 saturated carbocycles. The van der Waals surface area contributed by atoms with Crippen LogP contribution in [0.4, 0.5) is 0 Å². The predicted octanol–water partition coefficient (Wildman–Crippen LogP) is 5.43. The fourth-order valence-electron chi connectivity index (χ4n) is 3.58. The van der Waals surface area contributed by atoms with Crippen LogP contribution in [0.15, 0.2) is 60.7 Å². The van der Waals surface area contributed by atoms with Crippen molar-refractivity contribution in [1.29, 1.82) is 0 Å². The lowest BCUT2D eigenvalue weighted by atomic mass is 9.87. The predicted molar refractivity (Wildman–Crippen MR) is 107 cm³/mol. The highest BCUT2D eigenvalue weighted by Crippen LogP contribution is 2.29. The van der Waals surface area contributed by atoms with Gasteiger partial charge in [0.2, 0.25) is 0 Å². The first-order valence-electron chi connectivity index (χ1n) is 9.33. The Kier molecular flexibility index (Phi) is 7.25. The average molecular weight is 340 g/mol. The molecule has 1 aliphatic rings. The summed E-state index contributed by atoms with van der Waals surface area (Å²) < 4.78 is 0. The molecule has 3 rings (SSSR count). The monoisotopic (exact) mass is 339 g/mol. The van der Waals surface area contributed by atoms with Gasteiger partial charge in [-0.05, 0) is 30.5 Å². The molecule has 0 bridgehead atoms. The molecule has 0 N–H and O–H groups in total. The minimum Gasteiger partial charge on any atom is -0.302 e. The van der Waals surface area contributed by atoms with Crippen molar-refractivity contribution in [3.8, 4) is 0 Å². The van der Waals surface area contributed by atoms with Crippen LogP contribution in [0.5, 0.6) is 0 Å². The molecule has 1 fully saturated rings. The van der Waals surface area contributed by atoms with Gasteiger partial charge in [0.1, 0.15) is 0 Å². The highest BCUT2D eigenvalue weighted by atomic mass is 32.2. The van der Waals surface area contributed by atoms with E-state index in [2.05, 4.69) is 77.3 Å². The number of unbranched alkanes of at least 4 members (excludes halogenated alkanes) is 2. The van der Waals surface area contributed by atoms with Crippen molar-refractivity contribution >= 4 is 11.8 Å². The maximum Gasteiger partial charge on any atom is 0.00893 e. The van der Waals surface area contributed by atoms with E-state index in [1.54, 1.807) is 0 Å². The second-order valence-corrected chi connectivity index (χ2v) is 7.90. The Morgan fingerprint density at radius 1 is 0.750 bits per heavy atom. The zero-order valence-corrected chi connectivity index (χ0v) is 15.4. The van der Waals surface area contributed by atoms with E-state index in [9.17, 15) is 0 Å². The van der Waals surface area contributed by atoms with Gasteiger partial charge >= 0.3 is 0 Å². The molecule has 2 aromatic rings. The van der Waals surface area contributed by atoms with Crippen molar-refractivity contribution in [2.24, 2.45) is 0 Å². The summed E-state index contributed by atoms with van der Waals surface area (Å²) >= 11 is 2.10. The molecule has 1 heterocycles. The molecule has 0 spiro atoms. The number of hydrogen-bond donors (Lipinski definition) is 0. The van der Waals surface area contributed by atoms with Crippen molar-refractivity contribution < 1.29 is 0 Å². The van der Waals surface area contributed by atoms with E-state index in [-0.39, 0.29) is 0 Å². The molecule has 0 amide bonds. The van der Waals surface area contributed by atoms with Crippen LogP contribution in [0.2, 0.25) is 0 Å². The summed E-state index contributed by atoms with van der Waals surface area (Å²) in [5, 5.41) is 0. The minimum absolute atomic E-state index is 0.541. The molecule has 2 heteroatoms. The maximum atomic E-state index is 2.64. The zero-order valence-electron chi connectivity index (χ0n) is 14.6. The molecule has 0 aliphatic carbocycles. The second kappa shape index (κ2) is 9.90. The van der Waals surface area contributed by atoms with Crippen molar-refractivity contribution in [3.63, 3.8) is 0 Å². The third kappa shape index (κ3) is 5.39. The number of thioether (sulfide) groups is 1. The van der Waals surface area contributed by atoms with E-state index in [0.29, 0.717) is 5.92 Å². The van der Waals surface area contributed by atoms with E-state index in [1.807, 2.05) is 0 Å². The Labute approximate surface area is 151 Å². The molecule has 0 unspecified atom stereocenters. The Hall–Kier alpha value is -1.25. The van der Waals surface area contributed by atoms with Crippen LogP contribution in [0.3, 0.4) is 0 Å². The first-order chi connectivity index (χ1) is 11.9. The molecule has 128 valence electrons. The Balaban J connectivity index is 1.49. The highest BCUT2D eigenvalue weighted by molar-refractivity contribution is 7.99. The first kappa shape index (κ1) is 17.6. The summed E-state index contributed by atoms with van der Waals surface area (Å²) in [6.07, 6.45) is 5.27. The molecule has 0 atom stereocenters. The lowest BCUT2D eigenvalue weighted by Gasteiger charge is -2.26. The van der Waals surface area contributed by atoms with E-state index in [4.69, 9.17) is 0 Å². The van der Waals surface area contributed by atoms with Crippen LogP contribution < -0.4 is 0 Å². The summed E-state index contributed by atoms with van der Waals surface area (Å²) in [6, 6.07) is 22.0. The van der Waals surface area contributed by atoms with Gasteiger partial charge in [-0.3, -0.25) is 0 Å². The van der Waals surface area contributed by atoms with Gasteiger partial charge in [-0.1, -0.05) is 73.5 Å². The fraction of sp³-hybridized carbons (Fsp3) is 0.455. The third-order valence-corrected chi connectivity index (χ3v) is 5.92. The molecule has 1 nitrogen and oxygen atoms in total. The topological polar surface area (TPSA) is 3.24 Å². The highest BCUT2D eigenvalue weighted by Gasteiger charge is 2.14. The van der Waals surface area contributed by atoms with Crippen LogP contribution in [-0.2, 0) is 0 Å². The van der Waals surface area contributed by atoms with Crippen LogP contribution >= 0.6 is 11.8 Å². The van der Waals surface area contributed by atoms with Crippen molar-refractivity contribution in [1.82, 2.24) is 4.90 Å². The van der Waals surface area contributed by atoms with Crippen molar-refractivity contribution in [2.75, 3.05) is 31.1 Å². The molecular formula is C22H29NS. The standard InChI is InChI=1S/C22H29NS/c1-4-10-20(11-5-1)22(21-12-6-2-7-13-21)14-8-3-9-15-23-16-18-24-19-17-23/h1-2,4-7,10-13,22H,3,8-9,14-19H2. The number of nitrogens with zero attached hydrogens (tertiary/aromatic N) is 1. The van der Waals surface area contributed by atoms with Gasteiger partial charge in [0.25, 0.3) is 0 Å². The summed E-state index contributed by atoms with van der Waals surface area (Å²) in [5.41, 5.74) is 2.91. The van der Waals surface area contributed by atoms with Gasteiger partial charge in [-0.25, -0.2) is 0 Å². The van der Waals surface area contributed by atoms with Gasteiger partial charge in [0.05, 0.1) is 0 Å². The average Bonchev–Trinajstić information content (AvgIpc) is 2.67. The van der Waals surface area contributed by atoms with Crippen LogP contribution in [-0.4, -0.2) is 36.0 Å². The largest absolute Gasteiger partial charge is 0.302 e. The molecule has 24 heavy (non-hydrogen) atoms. The number of benzene rings is 2. The second-order valence-electron chi connectivity index (χ2n) is 6.68. The molecule has 0 aromatic heterocycles. The lowest BCUT2D eigenvalue weighted by Crippen LogP contribution is -2.33. The van der Waals surface area contributed by atoms with Crippen LogP contribution in [0.25, 0.3) is 0 Å². The van der Waals surface area contributed by atoms with Crippen molar-refractivity contribution in [3.05, 3.63) is 71.8 Å². The molecule has 1 saturated heterocycles. The molecule has 0 radical (unpaired) electrons. The van der Waals surface area contributed by atoms with E-state index >= 15 is 0 Å². The van der Waals surface area contributed by atoms with E-state index in [1.165, 1.54) is 68.0 Å².